The van der Waals surface area contributed by atoms with Gasteiger partial charge in [0.05, 0.1) is 10.6 Å². The van der Waals surface area contributed by atoms with E-state index in [9.17, 15) is 23.1 Å². The van der Waals surface area contributed by atoms with Gasteiger partial charge < -0.3 is 14.4 Å². The van der Waals surface area contributed by atoms with Gasteiger partial charge in [-0.25, -0.2) is 8.42 Å². The number of benzene rings is 3. The molecule has 0 atom stereocenters. The van der Waals surface area contributed by atoms with Crippen molar-refractivity contribution >= 4 is 27.5 Å². The van der Waals surface area contributed by atoms with Gasteiger partial charge in [0.1, 0.15) is 18.9 Å². The number of hydrogen-bond acceptors (Lipinski definition) is 5. The van der Waals surface area contributed by atoms with Crippen LogP contribution in [-0.4, -0.2) is 29.8 Å². The quantitative estimate of drug-likeness (QED) is 0.235. The minimum Gasteiger partial charge on any atom is -0.489 e. The normalized spacial score (nSPS) is 14.3. The maximum Gasteiger partial charge on any atom is 0.323 e. The third kappa shape index (κ3) is 6.26. The van der Waals surface area contributed by atoms with Crippen LogP contribution in [0.3, 0.4) is 0 Å². The molecule has 3 aromatic carbocycles. The van der Waals surface area contributed by atoms with Gasteiger partial charge in [0, 0.05) is 29.8 Å². The van der Waals surface area contributed by atoms with Crippen LogP contribution in [0.2, 0.25) is 0 Å². The van der Waals surface area contributed by atoms with Crippen LogP contribution in [0.4, 0.5) is 5.69 Å². The highest BCUT2D eigenvalue weighted by atomic mass is 32.2. The number of rotatable bonds is 10. The summed E-state index contributed by atoms with van der Waals surface area (Å²) in [5.41, 5.74) is 4.54. The number of aliphatic carboxylic acids is 1. The Morgan fingerprint density at radius 1 is 0.976 bits per heavy atom. The summed E-state index contributed by atoms with van der Waals surface area (Å²) in [4.78, 5) is 25.1. The summed E-state index contributed by atoms with van der Waals surface area (Å²) >= 11 is 0. The summed E-state index contributed by atoms with van der Waals surface area (Å²) in [6.45, 7) is 5.97. The molecule has 4 aromatic rings. The van der Waals surface area contributed by atoms with Crippen molar-refractivity contribution in [1.82, 2.24) is 4.57 Å². The number of sulfonamides is 1. The van der Waals surface area contributed by atoms with Gasteiger partial charge in [-0.2, -0.15) is 0 Å². The molecule has 1 aliphatic carbocycles. The Balaban J connectivity index is 1.40. The molecule has 0 saturated heterocycles. The average Bonchev–Trinajstić information content (AvgIpc) is 3.18. The van der Waals surface area contributed by atoms with E-state index in [0.29, 0.717) is 47.7 Å². The molecule has 0 radical (unpaired) electrons. The second-order valence-electron chi connectivity index (χ2n) is 11.5. The van der Waals surface area contributed by atoms with Crippen molar-refractivity contribution in [1.29, 1.82) is 0 Å². The molecule has 0 bridgehead atoms. The monoisotopic (exact) mass is 586 g/mol. The molecule has 0 aliphatic heterocycles. The number of carboxylic acid groups (broad SMARTS) is 1. The van der Waals surface area contributed by atoms with E-state index in [2.05, 4.69) is 4.72 Å². The van der Waals surface area contributed by atoms with E-state index >= 15 is 0 Å². The molecule has 0 unspecified atom stereocenters. The fourth-order valence-corrected chi connectivity index (χ4v) is 6.70. The molecule has 5 rings (SSSR count). The molecule has 1 aliphatic rings. The van der Waals surface area contributed by atoms with Gasteiger partial charge in [0.2, 0.25) is 0 Å². The second kappa shape index (κ2) is 11.5. The first-order valence-corrected chi connectivity index (χ1v) is 15.3. The number of nitrogens with one attached hydrogen (secondary N) is 1. The van der Waals surface area contributed by atoms with E-state index in [1.807, 2.05) is 63.2 Å². The SMILES string of the molecule is Cc1c(Cc2ccccc2NS(=O)(=O)c2ccc(OCc3ccccc3)cc2)c2c(n1CC(=O)O)CC(C)(C)CC2=O. The van der Waals surface area contributed by atoms with Crippen LogP contribution in [0.25, 0.3) is 0 Å². The molecule has 0 spiro atoms. The van der Waals surface area contributed by atoms with E-state index in [4.69, 9.17) is 4.74 Å². The summed E-state index contributed by atoms with van der Waals surface area (Å²) in [6, 6.07) is 23.0. The van der Waals surface area contributed by atoms with Crippen LogP contribution >= 0.6 is 0 Å². The summed E-state index contributed by atoms with van der Waals surface area (Å²) in [5.74, 6) is -0.448. The number of nitrogens with zero attached hydrogens (tertiary/aromatic N) is 1. The van der Waals surface area contributed by atoms with Gasteiger partial charge in [0.25, 0.3) is 10.0 Å². The van der Waals surface area contributed by atoms with Crippen molar-refractivity contribution in [2.45, 2.75) is 58.1 Å². The minimum atomic E-state index is -3.93. The van der Waals surface area contributed by atoms with Crippen LogP contribution < -0.4 is 9.46 Å². The summed E-state index contributed by atoms with van der Waals surface area (Å²) in [7, 11) is -3.93. The van der Waals surface area contributed by atoms with E-state index in [1.165, 1.54) is 12.1 Å². The number of ether oxygens (including phenoxy) is 1. The van der Waals surface area contributed by atoms with Gasteiger partial charge >= 0.3 is 5.97 Å². The number of carboxylic acids is 1. The zero-order valence-corrected chi connectivity index (χ0v) is 24.7. The smallest absolute Gasteiger partial charge is 0.323 e. The molecule has 0 amide bonds. The lowest BCUT2D eigenvalue weighted by atomic mass is 9.75. The maximum absolute atomic E-state index is 13.4. The van der Waals surface area contributed by atoms with Crippen LogP contribution in [-0.2, 0) is 40.8 Å². The van der Waals surface area contributed by atoms with Gasteiger partial charge in [-0.1, -0.05) is 62.4 Å². The van der Waals surface area contributed by atoms with Crippen molar-refractivity contribution in [3.63, 3.8) is 0 Å². The number of carbonyl (C=O) groups is 2. The zero-order chi connectivity index (χ0) is 30.1. The van der Waals surface area contributed by atoms with Gasteiger partial charge in [-0.05, 0) is 65.8 Å². The number of ketones is 1. The highest BCUT2D eigenvalue weighted by molar-refractivity contribution is 7.92. The van der Waals surface area contributed by atoms with Gasteiger partial charge in [0.15, 0.2) is 5.78 Å². The van der Waals surface area contributed by atoms with Crippen molar-refractivity contribution in [2.75, 3.05) is 4.72 Å². The Kier molecular flexibility index (Phi) is 7.97. The Labute approximate surface area is 246 Å². The summed E-state index contributed by atoms with van der Waals surface area (Å²) in [6.07, 6.45) is 1.22. The molecule has 8 nitrogen and oxygen atoms in total. The molecule has 0 saturated carbocycles. The molecule has 1 aromatic heterocycles. The van der Waals surface area contributed by atoms with Crippen LogP contribution in [0.5, 0.6) is 5.75 Å². The largest absolute Gasteiger partial charge is 0.489 e. The Bertz CT molecular complexity index is 1740. The maximum atomic E-state index is 13.4. The van der Waals surface area contributed by atoms with Crippen molar-refractivity contribution in [3.05, 3.63) is 113 Å². The van der Waals surface area contributed by atoms with E-state index in [0.717, 1.165) is 16.8 Å². The van der Waals surface area contributed by atoms with Crippen molar-refractivity contribution in [2.24, 2.45) is 5.41 Å². The lowest BCUT2D eigenvalue weighted by Gasteiger charge is -2.30. The summed E-state index contributed by atoms with van der Waals surface area (Å²) < 4.78 is 37.0. The highest BCUT2D eigenvalue weighted by Gasteiger charge is 2.37. The van der Waals surface area contributed by atoms with E-state index in [1.54, 1.807) is 28.8 Å². The third-order valence-electron chi connectivity index (χ3n) is 7.63. The number of aromatic nitrogens is 1. The standard InChI is InChI=1S/C33H34N2O6S/c1-22-27(32-29(35(22)20-31(37)38)18-33(2,3)19-30(32)36)17-24-11-7-8-12-28(24)34-42(39,40)26-15-13-25(14-16-26)41-21-23-9-5-4-6-10-23/h4-16,34H,17-21H2,1-3H3,(H,37,38). The summed E-state index contributed by atoms with van der Waals surface area (Å²) in [5, 5.41) is 9.58. The van der Waals surface area contributed by atoms with Crippen molar-refractivity contribution < 1.29 is 27.9 Å². The molecular formula is C33H34N2O6S. The predicted octanol–water partition coefficient (Wildman–Crippen LogP) is 6.01. The second-order valence-corrected chi connectivity index (χ2v) is 13.2. The lowest BCUT2D eigenvalue weighted by Crippen LogP contribution is -2.29. The Morgan fingerprint density at radius 2 is 1.64 bits per heavy atom. The molecular weight excluding hydrogens is 552 g/mol. The van der Waals surface area contributed by atoms with Gasteiger partial charge in [-0.3, -0.25) is 14.3 Å². The van der Waals surface area contributed by atoms with Crippen molar-refractivity contribution in [3.8, 4) is 5.75 Å². The van der Waals surface area contributed by atoms with Gasteiger partial charge in [-0.15, -0.1) is 0 Å². The minimum absolute atomic E-state index is 0.0175. The van der Waals surface area contributed by atoms with Crippen LogP contribution in [0.1, 0.15) is 58.7 Å². The molecule has 9 heteroatoms. The first-order chi connectivity index (χ1) is 19.9. The third-order valence-corrected chi connectivity index (χ3v) is 9.01. The lowest BCUT2D eigenvalue weighted by molar-refractivity contribution is -0.137. The molecule has 218 valence electrons. The highest BCUT2D eigenvalue weighted by Crippen LogP contribution is 2.40. The topological polar surface area (TPSA) is 115 Å². The molecule has 42 heavy (non-hydrogen) atoms. The Hall–Kier alpha value is -4.37. The van der Waals surface area contributed by atoms with Crippen LogP contribution in [0.15, 0.2) is 83.8 Å². The number of fused-ring (bicyclic) bond motifs is 1. The number of para-hydroxylation sites is 1. The average molecular weight is 587 g/mol. The number of Topliss-reactive ketones (excluding diaryl/α,β-unsaturated/α-hetero) is 1. The number of carbonyl (C=O) groups excluding carboxylic acids is 1. The number of hydrogen-bond donors (Lipinski definition) is 2. The molecule has 1 heterocycles. The Morgan fingerprint density at radius 3 is 2.33 bits per heavy atom. The first kappa shape index (κ1) is 29.1. The number of anilines is 1. The van der Waals surface area contributed by atoms with E-state index < -0.39 is 16.0 Å². The molecule has 2 N–H and O–H groups in total. The van der Waals surface area contributed by atoms with E-state index in [-0.39, 0.29) is 29.1 Å². The fraction of sp³-hybridized carbons (Fsp3) is 0.273. The zero-order valence-electron chi connectivity index (χ0n) is 23.9. The molecule has 0 fully saturated rings. The fourth-order valence-electron chi connectivity index (χ4n) is 5.60. The van der Waals surface area contributed by atoms with Crippen LogP contribution in [0, 0.1) is 12.3 Å². The predicted molar refractivity (Wildman–Crippen MR) is 161 cm³/mol. The first-order valence-electron chi connectivity index (χ1n) is 13.8.